The minimum Gasteiger partial charge on any atom is -0.390 e. The van der Waals surface area contributed by atoms with Crippen LogP contribution in [0.15, 0.2) is 0 Å². The van der Waals surface area contributed by atoms with Gasteiger partial charge in [-0.3, -0.25) is 0 Å². The molecule has 0 heterocycles. The fraction of sp³-hybridized carbons (Fsp3) is 1.00. The molecule has 1 fully saturated rings. The zero-order valence-electron chi connectivity index (χ0n) is 9.48. The Hall–Kier alpha value is -0.160. The molecule has 4 nitrogen and oxygen atoms in total. The molecule has 2 atom stereocenters. The first-order valence-corrected chi connectivity index (χ1v) is 5.71. The van der Waals surface area contributed by atoms with Crippen LogP contribution in [-0.2, 0) is 14.2 Å². The Morgan fingerprint density at radius 1 is 1.07 bits per heavy atom. The highest BCUT2D eigenvalue weighted by atomic mass is 16.5. The summed E-state index contributed by atoms with van der Waals surface area (Å²) in [6.45, 7) is 2.36. The van der Waals surface area contributed by atoms with E-state index in [0.29, 0.717) is 26.4 Å². The quantitative estimate of drug-likeness (QED) is 0.647. The maximum absolute atomic E-state index is 9.62. The van der Waals surface area contributed by atoms with Gasteiger partial charge in [-0.1, -0.05) is 12.8 Å². The molecule has 1 aliphatic rings. The van der Waals surface area contributed by atoms with Crippen LogP contribution in [0, 0.1) is 0 Å². The maximum atomic E-state index is 9.62. The normalized spacial score (nSPS) is 26.8. The summed E-state index contributed by atoms with van der Waals surface area (Å²) in [6.07, 6.45) is 3.86. The zero-order chi connectivity index (χ0) is 10.9. The molecule has 0 saturated heterocycles. The predicted molar refractivity (Wildman–Crippen MR) is 56.9 cm³/mol. The second-order valence-electron chi connectivity index (χ2n) is 3.87. The number of methoxy groups -OCH3 is 1. The lowest BCUT2D eigenvalue weighted by Crippen LogP contribution is -2.33. The van der Waals surface area contributed by atoms with Crippen LogP contribution in [0.2, 0.25) is 0 Å². The van der Waals surface area contributed by atoms with Crippen molar-refractivity contribution >= 4 is 0 Å². The molecule has 0 radical (unpaired) electrons. The van der Waals surface area contributed by atoms with Crippen LogP contribution in [0.3, 0.4) is 0 Å². The van der Waals surface area contributed by atoms with Crippen LogP contribution in [0.5, 0.6) is 0 Å². The van der Waals surface area contributed by atoms with Crippen molar-refractivity contribution in [3.63, 3.8) is 0 Å². The van der Waals surface area contributed by atoms with Crippen LogP contribution in [0.25, 0.3) is 0 Å². The molecule has 0 bridgehead atoms. The van der Waals surface area contributed by atoms with Gasteiger partial charge in [-0.2, -0.15) is 0 Å². The fourth-order valence-corrected chi connectivity index (χ4v) is 1.77. The van der Waals surface area contributed by atoms with Crippen molar-refractivity contribution in [3.05, 3.63) is 0 Å². The van der Waals surface area contributed by atoms with Gasteiger partial charge >= 0.3 is 0 Å². The molecule has 0 amide bonds. The van der Waals surface area contributed by atoms with E-state index in [0.717, 1.165) is 25.7 Å². The van der Waals surface area contributed by atoms with Gasteiger partial charge in [0.25, 0.3) is 0 Å². The molecule has 2 unspecified atom stereocenters. The first-order chi connectivity index (χ1) is 7.34. The molecule has 0 spiro atoms. The molecule has 4 heteroatoms. The molecular weight excluding hydrogens is 196 g/mol. The van der Waals surface area contributed by atoms with Gasteiger partial charge in [-0.25, -0.2) is 0 Å². The molecule has 15 heavy (non-hydrogen) atoms. The number of aliphatic hydroxyl groups excluding tert-OH is 1. The first kappa shape index (κ1) is 12.9. The summed E-state index contributed by atoms with van der Waals surface area (Å²) < 4.78 is 15.7. The molecule has 0 aromatic heterocycles. The van der Waals surface area contributed by atoms with Crippen molar-refractivity contribution in [2.75, 3.05) is 33.5 Å². The van der Waals surface area contributed by atoms with E-state index in [1.54, 1.807) is 7.11 Å². The minimum atomic E-state index is -0.280. The third-order valence-electron chi connectivity index (χ3n) is 2.66. The Bertz CT molecular complexity index is 152. The Labute approximate surface area is 91.5 Å². The average Bonchev–Trinajstić information content (AvgIpc) is 2.25. The van der Waals surface area contributed by atoms with Crippen LogP contribution in [-0.4, -0.2) is 50.9 Å². The second kappa shape index (κ2) is 8.05. The van der Waals surface area contributed by atoms with E-state index in [-0.39, 0.29) is 12.2 Å². The van der Waals surface area contributed by atoms with Crippen molar-refractivity contribution in [2.24, 2.45) is 0 Å². The summed E-state index contributed by atoms with van der Waals surface area (Å²) in [5.74, 6) is 0. The van der Waals surface area contributed by atoms with Crippen molar-refractivity contribution in [2.45, 2.75) is 37.9 Å². The summed E-state index contributed by atoms with van der Waals surface area (Å²) in [6, 6.07) is 0. The number of ether oxygens (including phenoxy) is 3. The topological polar surface area (TPSA) is 47.9 Å². The van der Waals surface area contributed by atoms with E-state index in [1.807, 2.05) is 0 Å². The third-order valence-corrected chi connectivity index (χ3v) is 2.66. The van der Waals surface area contributed by atoms with E-state index in [4.69, 9.17) is 14.2 Å². The third kappa shape index (κ3) is 5.47. The molecule has 0 aliphatic heterocycles. The lowest BCUT2D eigenvalue weighted by Gasteiger charge is -2.27. The van der Waals surface area contributed by atoms with Gasteiger partial charge in [0.05, 0.1) is 38.6 Å². The van der Waals surface area contributed by atoms with Crippen molar-refractivity contribution in [1.82, 2.24) is 0 Å². The average molecular weight is 218 g/mol. The van der Waals surface area contributed by atoms with E-state index in [2.05, 4.69) is 0 Å². The standard InChI is InChI=1S/C11H22O4/c1-13-6-7-14-8-9-15-11-5-3-2-4-10(11)12/h10-12H,2-9H2,1H3. The smallest absolute Gasteiger partial charge is 0.0835 e. The molecule has 1 aliphatic carbocycles. The number of hydrogen-bond acceptors (Lipinski definition) is 4. The van der Waals surface area contributed by atoms with Crippen LogP contribution in [0.4, 0.5) is 0 Å². The molecule has 1 N–H and O–H groups in total. The second-order valence-corrected chi connectivity index (χ2v) is 3.87. The number of rotatable bonds is 7. The SMILES string of the molecule is COCCOCCOC1CCCCC1O. The Balaban J connectivity index is 1.94. The molecule has 0 aromatic carbocycles. The van der Waals surface area contributed by atoms with Crippen molar-refractivity contribution in [1.29, 1.82) is 0 Å². The number of aliphatic hydroxyl groups is 1. The van der Waals surface area contributed by atoms with Crippen molar-refractivity contribution < 1.29 is 19.3 Å². The van der Waals surface area contributed by atoms with Crippen molar-refractivity contribution in [3.8, 4) is 0 Å². The summed E-state index contributed by atoms with van der Waals surface area (Å²) in [5.41, 5.74) is 0. The van der Waals surface area contributed by atoms with Crippen LogP contribution in [0.1, 0.15) is 25.7 Å². The molecular formula is C11H22O4. The van der Waals surface area contributed by atoms with E-state index >= 15 is 0 Å². The van der Waals surface area contributed by atoms with Gasteiger partial charge in [-0.15, -0.1) is 0 Å². The summed E-state index contributed by atoms with van der Waals surface area (Å²) >= 11 is 0. The molecule has 1 saturated carbocycles. The number of hydrogen-bond donors (Lipinski definition) is 1. The highest BCUT2D eigenvalue weighted by Gasteiger charge is 2.23. The monoisotopic (exact) mass is 218 g/mol. The summed E-state index contributed by atoms with van der Waals surface area (Å²) in [7, 11) is 1.65. The highest BCUT2D eigenvalue weighted by molar-refractivity contribution is 4.74. The van der Waals surface area contributed by atoms with E-state index in [1.165, 1.54) is 0 Å². The largest absolute Gasteiger partial charge is 0.390 e. The van der Waals surface area contributed by atoms with E-state index < -0.39 is 0 Å². The van der Waals surface area contributed by atoms with Gasteiger partial charge in [0.1, 0.15) is 0 Å². The maximum Gasteiger partial charge on any atom is 0.0835 e. The molecule has 0 aromatic rings. The first-order valence-electron chi connectivity index (χ1n) is 5.71. The lowest BCUT2D eigenvalue weighted by molar-refractivity contribution is -0.0754. The minimum absolute atomic E-state index is 0.0183. The van der Waals surface area contributed by atoms with E-state index in [9.17, 15) is 5.11 Å². The Morgan fingerprint density at radius 2 is 1.80 bits per heavy atom. The summed E-state index contributed by atoms with van der Waals surface area (Å²) in [5, 5.41) is 9.62. The predicted octanol–water partition coefficient (Wildman–Crippen LogP) is 0.969. The van der Waals surface area contributed by atoms with Crippen LogP contribution >= 0.6 is 0 Å². The van der Waals surface area contributed by atoms with Gasteiger partial charge < -0.3 is 19.3 Å². The highest BCUT2D eigenvalue weighted by Crippen LogP contribution is 2.20. The zero-order valence-corrected chi connectivity index (χ0v) is 9.48. The van der Waals surface area contributed by atoms with Gasteiger partial charge in [0, 0.05) is 7.11 Å². The van der Waals surface area contributed by atoms with Crippen LogP contribution < -0.4 is 0 Å². The van der Waals surface area contributed by atoms with Gasteiger partial charge in [0.2, 0.25) is 0 Å². The fourth-order valence-electron chi connectivity index (χ4n) is 1.77. The Kier molecular flexibility index (Phi) is 6.92. The molecule has 90 valence electrons. The van der Waals surface area contributed by atoms with Gasteiger partial charge in [-0.05, 0) is 12.8 Å². The Morgan fingerprint density at radius 3 is 2.53 bits per heavy atom. The molecule has 1 rings (SSSR count). The lowest BCUT2D eigenvalue weighted by atomic mass is 9.95. The summed E-state index contributed by atoms with van der Waals surface area (Å²) in [4.78, 5) is 0. The van der Waals surface area contributed by atoms with Gasteiger partial charge in [0.15, 0.2) is 0 Å².